The van der Waals surface area contributed by atoms with Gasteiger partial charge in [0.05, 0.1) is 24.6 Å². The van der Waals surface area contributed by atoms with Gasteiger partial charge in [0.2, 0.25) is 5.91 Å². The van der Waals surface area contributed by atoms with Crippen LogP contribution < -0.4 is 16.0 Å². The van der Waals surface area contributed by atoms with Crippen molar-refractivity contribution < 1.29 is 31.9 Å². The number of rotatable bonds is 5. The number of ether oxygens (including phenoxy) is 1. The van der Waals surface area contributed by atoms with Gasteiger partial charge < -0.3 is 20.7 Å². The Balaban J connectivity index is 1.66. The molecular formula is C22H19F4N5O3. The van der Waals surface area contributed by atoms with Crippen molar-refractivity contribution in [1.29, 1.82) is 0 Å². The molecule has 34 heavy (non-hydrogen) atoms. The zero-order valence-corrected chi connectivity index (χ0v) is 17.6. The number of alkyl halides is 3. The Bertz CT molecular complexity index is 1240. The minimum Gasteiger partial charge on any atom is -0.378 e. The third-order valence-electron chi connectivity index (χ3n) is 5.18. The number of benzene rings is 2. The quantitative estimate of drug-likeness (QED) is 0.550. The number of hydrogen-bond donors (Lipinski definition) is 2. The zero-order chi connectivity index (χ0) is 24.5. The van der Waals surface area contributed by atoms with E-state index in [0.717, 1.165) is 4.68 Å². The Kier molecular flexibility index (Phi) is 6.24. The third-order valence-corrected chi connectivity index (χ3v) is 5.18. The Morgan fingerprint density at radius 1 is 1.03 bits per heavy atom. The molecule has 0 aliphatic carbocycles. The van der Waals surface area contributed by atoms with E-state index >= 15 is 0 Å². The number of primary amides is 1. The van der Waals surface area contributed by atoms with Crippen LogP contribution in [0.1, 0.15) is 26.5 Å². The molecule has 0 radical (unpaired) electrons. The van der Waals surface area contributed by atoms with E-state index in [1.807, 2.05) is 4.90 Å². The van der Waals surface area contributed by atoms with Gasteiger partial charge in [-0.25, -0.2) is 9.07 Å². The van der Waals surface area contributed by atoms with Crippen molar-refractivity contribution in [3.63, 3.8) is 0 Å². The van der Waals surface area contributed by atoms with Gasteiger partial charge in [0.1, 0.15) is 11.5 Å². The van der Waals surface area contributed by atoms with Gasteiger partial charge >= 0.3 is 6.18 Å². The molecule has 1 aromatic heterocycles. The molecule has 1 saturated heterocycles. The first-order valence-electron chi connectivity index (χ1n) is 10.1. The van der Waals surface area contributed by atoms with Crippen LogP contribution in [-0.2, 0) is 10.9 Å². The Labute approximate surface area is 190 Å². The van der Waals surface area contributed by atoms with Gasteiger partial charge in [-0.3, -0.25) is 9.59 Å². The molecule has 2 aromatic carbocycles. The van der Waals surface area contributed by atoms with E-state index in [2.05, 4.69) is 10.4 Å². The van der Waals surface area contributed by atoms with Gasteiger partial charge in [-0.1, -0.05) is 6.07 Å². The Morgan fingerprint density at radius 3 is 2.41 bits per heavy atom. The molecule has 1 fully saturated rings. The number of hydrogen-bond acceptors (Lipinski definition) is 5. The number of nitrogens with zero attached hydrogens (tertiary/aromatic N) is 3. The first kappa shape index (κ1) is 23.2. The van der Waals surface area contributed by atoms with E-state index in [1.165, 1.54) is 36.4 Å². The summed E-state index contributed by atoms with van der Waals surface area (Å²) in [6, 6.07) is 10.0. The summed E-state index contributed by atoms with van der Waals surface area (Å²) < 4.78 is 60.7. The minimum absolute atomic E-state index is 0.0000808. The second-order valence-electron chi connectivity index (χ2n) is 7.46. The van der Waals surface area contributed by atoms with E-state index < -0.39 is 35.2 Å². The topological polar surface area (TPSA) is 102 Å². The fourth-order valence-corrected chi connectivity index (χ4v) is 3.48. The third kappa shape index (κ3) is 4.86. The molecule has 0 spiro atoms. The molecule has 3 aromatic rings. The van der Waals surface area contributed by atoms with E-state index in [0.29, 0.717) is 38.1 Å². The van der Waals surface area contributed by atoms with Crippen LogP contribution in [0.5, 0.6) is 0 Å². The lowest BCUT2D eigenvalue weighted by molar-refractivity contribution is -0.141. The van der Waals surface area contributed by atoms with Crippen molar-refractivity contribution in [2.24, 2.45) is 5.73 Å². The SMILES string of the molecule is NC(=O)c1cccc(-n2nc(C(F)(F)F)cc2C(=O)Nc2ccc(N3CCOCC3)cc2F)c1. The van der Waals surface area contributed by atoms with Crippen LogP contribution >= 0.6 is 0 Å². The fourth-order valence-electron chi connectivity index (χ4n) is 3.48. The van der Waals surface area contributed by atoms with Crippen molar-refractivity contribution in [2.45, 2.75) is 6.18 Å². The molecule has 0 saturated carbocycles. The highest BCUT2D eigenvalue weighted by atomic mass is 19.4. The van der Waals surface area contributed by atoms with Crippen LogP contribution in [0.2, 0.25) is 0 Å². The van der Waals surface area contributed by atoms with Crippen molar-refractivity contribution in [3.8, 4) is 5.69 Å². The lowest BCUT2D eigenvalue weighted by Crippen LogP contribution is -2.36. The van der Waals surface area contributed by atoms with E-state index in [-0.39, 0.29) is 16.9 Å². The highest BCUT2D eigenvalue weighted by Gasteiger charge is 2.36. The number of nitrogens with two attached hydrogens (primary N) is 1. The number of morpholine rings is 1. The van der Waals surface area contributed by atoms with Crippen LogP contribution in [-0.4, -0.2) is 47.9 Å². The first-order chi connectivity index (χ1) is 16.1. The summed E-state index contributed by atoms with van der Waals surface area (Å²) >= 11 is 0. The van der Waals surface area contributed by atoms with Gasteiger partial charge in [0, 0.05) is 30.4 Å². The van der Waals surface area contributed by atoms with Crippen LogP contribution in [0.15, 0.2) is 48.5 Å². The van der Waals surface area contributed by atoms with E-state index in [9.17, 15) is 27.2 Å². The molecule has 1 aliphatic heterocycles. The molecule has 2 heterocycles. The summed E-state index contributed by atoms with van der Waals surface area (Å²) in [5.41, 5.74) is 3.79. The van der Waals surface area contributed by atoms with Crippen molar-refractivity contribution in [3.05, 3.63) is 71.3 Å². The van der Waals surface area contributed by atoms with Crippen molar-refractivity contribution in [2.75, 3.05) is 36.5 Å². The van der Waals surface area contributed by atoms with Crippen LogP contribution in [0.3, 0.4) is 0 Å². The lowest BCUT2D eigenvalue weighted by Gasteiger charge is -2.29. The second-order valence-corrected chi connectivity index (χ2v) is 7.46. The normalized spacial score (nSPS) is 14.2. The number of halogens is 4. The smallest absolute Gasteiger partial charge is 0.378 e. The monoisotopic (exact) mass is 477 g/mol. The Morgan fingerprint density at radius 2 is 1.76 bits per heavy atom. The summed E-state index contributed by atoms with van der Waals surface area (Å²) in [5.74, 6) is -2.58. The fraction of sp³-hybridized carbons (Fsp3) is 0.227. The molecule has 178 valence electrons. The van der Waals surface area contributed by atoms with E-state index in [4.69, 9.17) is 10.5 Å². The molecule has 4 rings (SSSR count). The lowest BCUT2D eigenvalue weighted by atomic mass is 10.2. The summed E-state index contributed by atoms with van der Waals surface area (Å²) in [6.07, 6.45) is -4.84. The largest absolute Gasteiger partial charge is 0.435 e. The number of aromatic nitrogens is 2. The van der Waals surface area contributed by atoms with Gasteiger partial charge in [-0.15, -0.1) is 0 Å². The predicted molar refractivity (Wildman–Crippen MR) is 114 cm³/mol. The molecule has 3 N–H and O–H groups in total. The Hall–Kier alpha value is -3.93. The second kappa shape index (κ2) is 9.14. The highest BCUT2D eigenvalue weighted by molar-refractivity contribution is 6.03. The zero-order valence-electron chi connectivity index (χ0n) is 17.6. The summed E-state index contributed by atoms with van der Waals surface area (Å²) in [7, 11) is 0. The minimum atomic E-state index is -4.84. The number of carbonyl (C=O) groups is 2. The molecular weight excluding hydrogens is 458 g/mol. The van der Waals surface area contributed by atoms with Crippen LogP contribution in [0.4, 0.5) is 28.9 Å². The predicted octanol–water partition coefficient (Wildman–Crippen LogP) is 3.22. The average Bonchev–Trinajstić information content (AvgIpc) is 3.27. The van der Waals surface area contributed by atoms with Crippen LogP contribution in [0, 0.1) is 5.82 Å². The number of anilines is 2. The molecule has 2 amide bonds. The maximum Gasteiger partial charge on any atom is 0.435 e. The maximum absolute atomic E-state index is 14.7. The standard InChI is InChI=1S/C22H19F4N5O3/c23-16-11-14(30-6-8-34-9-7-30)4-5-17(16)28-21(33)18-12-19(22(24,25)26)29-31(18)15-3-1-2-13(10-15)20(27)32/h1-5,10-12H,6-9H2,(H2,27,32)(H,28,33). The molecule has 0 bridgehead atoms. The molecule has 12 heteroatoms. The number of nitrogens with one attached hydrogen (secondary N) is 1. The van der Waals surface area contributed by atoms with Crippen molar-refractivity contribution in [1.82, 2.24) is 9.78 Å². The number of carbonyl (C=O) groups excluding carboxylic acids is 2. The molecule has 1 aliphatic rings. The molecule has 0 unspecified atom stereocenters. The summed E-state index contributed by atoms with van der Waals surface area (Å²) in [6.45, 7) is 2.16. The van der Waals surface area contributed by atoms with Gasteiger partial charge in [0.25, 0.3) is 5.91 Å². The van der Waals surface area contributed by atoms with Crippen LogP contribution in [0.25, 0.3) is 5.69 Å². The first-order valence-corrected chi connectivity index (χ1v) is 10.1. The van der Waals surface area contributed by atoms with Gasteiger partial charge in [-0.05, 0) is 36.4 Å². The summed E-state index contributed by atoms with van der Waals surface area (Å²) in [4.78, 5) is 26.3. The van der Waals surface area contributed by atoms with E-state index in [1.54, 1.807) is 6.07 Å². The molecule has 8 nitrogen and oxygen atoms in total. The van der Waals surface area contributed by atoms with Gasteiger partial charge in [-0.2, -0.15) is 18.3 Å². The van der Waals surface area contributed by atoms with Gasteiger partial charge in [0.15, 0.2) is 5.69 Å². The summed E-state index contributed by atoms with van der Waals surface area (Å²) in [5, 5.41) is 5.77. The van der Waals surface area contributed by atoms with Crippen molar-refractivity contribution >= 4 is 23.2 Å². The number of amides is 2. The molecule has 0 atom stereocenters. The average molecular weight is 477 g/mol. The maximum atomic E-state index is 14.7. The highest BCUT2D eigenvalue weighted by Crippen LogP contribution is 2.30.